The smallest absolute Gasteiger partial charge is 0.424 e. The van der Waals surface area contributed by atoms with Gasteiger partial charge in [-0.25, -0.2) is 19.4 Å². The van der Waals surface area contributed by atoms with Crippen LogP contribution < -0.4 is 9.64 Å². The molecule has 0 saturated carbocycles. The molecule has 0 fully saturated rings. The first-order valence-electron chi connectivity index (χ1n) is 9.54. The average molecular weight is 457 g/mol. The predicted octanol–water partition coefficient (Wildman–Crippen LogP) is 5.00. The Bertz CT molecular complexity index is 827. The molecule has 1 aromatic rings. The van der Waals surface area contributed by atoms with Crippen LogP contribution in [-0.4, -0.2) is 48.1 Å². The molecule has 0 unspecified atom stereocenters. The van der Waals surface area contributed by atoms with Crippen LogP contribution in [0.4, 0.5) is 15.3 Å². The second kappa shape index (κ2) is 10.5. The van der Waals surface area contributed by atoms with Crippen LogP contribution in [0.1, 0.15) is 54.0 Å². The molecule has 0 aliphatic rings. The zero-order valence-corrected chi connectivity index (χ0v) is 19.8. The fourth-order valence-electron chi connectivity index (χ4n) is 2.22. The molecule has 0 aromatic carbocycles. The Hall–Kier alpha value is -2.81. The van der Waals surface area contributed by atoms with Crippen LogP contribution in [-0.2, 0) is 19.0 Å². The van der Waals surface area contributed by atoms with Gasteiger partial charge in [0.1, 0.15) is 16.4 Å². The van der Waals surface area contributed by atoms with Crippen LogP contribution in [0.5, 0.6) is 5.88 Å². The van der Waals surface area contributed by atoms with Crippen LogP contribution in [0.15, 0.2) is 12.1 Å². The quantitative estimate of drug-likeness (QED) is 0.264. The Labute approximate surface area is 187 Å². The summed E-state index contributed by atoms with van der Waals surface area (Å²) in [4.78, 5) is 42.5. The standard InChI is InChI=1S/C21H29ClN2O7/c1-9-29-16(25)11-10-13-14(12-15(22)23-17(13)28-8)24(18(26)30-20(2,3)4)19(27)31-21(5,6)7/h10-12H,9H2,1-8H3/b11-10+. The summed E-state index contributed by atoms with van der Waals surface area (Å²) >= 11 is 6.10. The number of pyridine rings is 1. The van der Waals surface area contributed by atoms with Crippen molar-refractivity contribution in [1.82, 2.24) is 4.98 Å². The molecule has 2 amide bonds. The number of amides is 2. The zero-order valence-electron chi connectivity index (χ0n) is 19.1. The van der Waals surface area contributed by atoms with E-state index in [-0.39, 0.29) is 28.9 Å². The Balaban J connectivity index is 3.67. The fraction of sp³-hybridized carbons (Fsp3) is 0.524. The topological polar surface area (TPSA) is 104 Å². The highest BCUT2D eigenvalue weighted by Crippen LogP contribution is 2.34. The van der Waals surface area contributed by atoms with Gasteiger partial charge in [-0.1, -0.05) is 11.6 Å². The first-order chi connectivity index (χ1) is 14.2. The van der Waals surface area contributed by atoms with Gasteiger partial charge in [0.25, 0.3) is 0 Å². The number of anilines is 1. The van der Waals surface area contributed by atoms with Gasteiger partial charge in [-0.05, 0) is 54.5 Å². The third-order valence-electron chi connectivity index (χ3n) is 3.23. The maximum atomic E-state index is 13.0. The number of esters is 1. The van der Waals surface area contributed by atoms with E-state index in [1.54, 1.807) is 48.5 Å². The van der Waals surface area contributed by atoms with Crippen LogP contribution >= 0.6 is 11.6 Å². The molecule has 10 heteroatoms. The van der Waals surface area contributed by atoms with Gasteiger partial charge < -0.3 is 18.9 Å². The Morgan fingerprint density at radius 3 is 2.00 bits per heavy atom. The summed E-state index contributed by atoms with van der Waals surface area (Å²) in [6.07, 6.45) is 0.411. The normalized spacial score (nSPS) is 11.8. The molecule has 1 heterocycles. The van der Waals surface area contributed by atoms with E-state index in [0.717, 1.165) is 6.08 Å². The summed E-state index contributed by atoms with van der Waals surface area (Å²) in [7, 11) is 1.33. The molecule has 172 valence electrons. The van der Waals surface area contributed by atoms with Gasteiger partial charge in [0, 0.05) is 12.1 Å². The van der Waals surface area contributed by atoms with Crippen molar-refractivity contribution in [3.05, 3.63) is 22.9 Å². The number of hydrogen-bond acceptors (Lipinski definition) is 8. The number of carbonyl (C=O) groups is 3. The lowest BCUT2D eigenvalue weighted by Crippen LogP contribution is -2.44. The Morgan fingerprint density at radius 1 is 1.06 bits per heavy atom. The number of hydrogen-bond donors (Lipinski definition) is 0. The summed E-state index contributed by atoms with van der Waals surface area (Å²) in [5, 5.41) is -0.0581. The van der Waals surface area contributed by atoms with Crippen molar-refractivity contribution in [3.8, 4) is 5.88 Å². The van der Waals surface area contributed by atoms with Crippen molar-refractivity contribution >= 4 is 41.5 Å². The first-order valence-corrected chi connectivity index (χ1v) is 9.91. The second-order valence-corrected chi connectivity index (χ2v) is 8.66. The van der Waals surface area contributed by atoms with E-state index in [1.165, 1.54) is 19.3 Å². The van der Waals surface area contributed by atoms with Crippen molar-refractivity contribution in [2.24, 2.45) is 0 Å². The number of carbonyl (C=O) groups excluding carboxylic acids is 3. The monoisotopic (exact) mass is 456 g/mol. The van der Waals surface area contributed by atoms with E-state index in [4.69, 9.17) is 30.5 Å². The summed E-state index contributed by atoms with van der Waals surface area (Å²) < 4.78 is 20.9. The second-order valence-electron chi connectivity index (χ2n) is 8.27. The molecule has 1 rings (SSSR count). The summed E-state index contributed by atoms with van der Waals surface area (Å²) in [6.45, 7) is 11.8. The minimum atomic E-state index is -1.00. The lowest BCUT2D eigenvalue weighted by Gasteiger charge is -2.29. The van der Waals surface area contributed by atoms with Gasteiger partial charge in [0.15, 0.2) is 0 Å². The van der Waals surface area contributed by atoms with Crippen molar-refractivity contribution in [3.63, 3.8) is 0 Å². The fourth-order valence-corrected chi connectivity index (χ4v) is 2.40. The minimum absolute atomic E-state index is 0.0276. The van der Waals surface area contributed by atoms with Crippen molar-refractivity contribution in [2.45, 2.75) is 59.7 Å². The summed E-state index contributed by atoms with van der Waals surface area (Å²) in [5.74, 6) is -0.660. The largest absolute Gasteiger partial charge is 0.480 e. The van der Waals surface area contributed by atoms with Crippen molar-refractivity contribution in [1.29, 1.82) is 0 Å². The van der Waals surface area contributed by atoms with Crippen molar-refractivity contribution < 1.29 is 33.3 Å². The molecule has 0 saturated heterocycles. The Kier molecular flexibility index (Phi) is 8.86. The van der Waals surface area contributed by atoms with Crippen LogP contribution in [0.2, 0.25) is 5.15 Å². The highest BCUT2D eigenvalue weighted by Gasteiger charge is 2.35. The molecular formula is C21H29ClN2O7. The zero-order chi connectivity index (χ0) is 24.0. The van der Waals surface area contributed by atoms with Crippen LogP contribution in [0, 0.1) is 0 Å². The molecule has 0 bridgehead atoms. The molecule has 0 aliphatic carbocycles. The predicted molar refractivity (Wildman–Crippen MR) is 116 cm³/mol. The van der Waals surface area contributed by atoms with Crippen LogP contribution in [0.3, 0.4) is 0 Å². The molecule has 1 aromatic heterocycles. The Morgan fingerprint density at radius 2 is 1.58 bits per heavy atom. The molecule has 0 aliphatic heterocycles. The SMILES string of the molecule is CCOC(=O)/C=C/c1c(N(C(=O)OC(C)(C)C)C(=O)OC(C)(C)C)cc(Cl)nc1OC. The van der Waals surface area contributed by atoms with E-state index in [2.05, 4.69) is 4.98 Å². The van der Waals surface area contributed by atoms with E-state index < -0.39 is 29.4 Å². The number of methoxy groups -OCH3 is 1. The van der Waals surface area contributed by atoms with Gasteiger partial charge >= 0.3 is 18.2 Å². The average Bonchev–Trinajstić information content (AvgIpc) is 2.57. The summed E-state index contributed by atoms with van der Waals surface area (Å²) in [5.41, 5.74) is -1.73. The number of ether oxygens (including phenoxy) is 4. The minimum Gasteiger partial charge on any atom is -0.480 e. The number of nitrogens with zero attached hydrogens (tertiary/aromatic N) is 2. The van der Waals surface area contributed by atoms with Crippen LogP contribution in [0.25, 0.3) is 6.08 Å². The molecule has 9 nitrogen and oxygen atoms in total. The van der Waals surface area contributed by atoms with Gasteiger partial charge in [0.05, 0.1) is 25.0 Å². The first kappa shape index (κ1) is 26.2. The third-order valence-corrected chi connectivity index (χ3v) is 3.42. The molecule has 0 N–H and O–H groups in total. The maximum absolute atomic E-state index is 13.0. The molecule has 0 spiro atoms. The summed E-state index contributed by atoms with van der Waals surface area (Å²) in [6, 6.07) is 1.27. The highest BCUT2D eigenvalue weighted by molar-refractivity contribution is 6.30. The molecular weight excluding hydrogens is 428 g/mol. The lowest BCUT2D eigenvalue weighted by atomic mass is 10.1. The van der Waals surface area contributed by atoms with E-state index in [0.29, 0.717) is 4.90 Å². The maximum Gasteiger partial charge on any atom is 0.424 e. The lowest BCUT2D eigenvalue weighted by molar-refractivity contribution is -0.137. The van der Waals surface area contributed by atoms with Gasteiger partial charge in [-0.2, -0.15) is 4.90 Å². The number of aromatic nitrogens is 1. The van der Waals surface area contributed by atoms with Crippen molar-refractivity contribution in [2.75, 3.05) is 18.6 Å². The highest BCUT2D eigenvalue weighted by atomic mass is 35.5. The number of imide groups is 1. The van der Waals surface area contributed by atoms with E-state index >= 15 is 0 Å². The molecule has 0 atom stereocenters. The van der Waals surface area contributed by atoms with Gasteiger partial charge in [-0.3, -0.25) is 0 Å². The third kappa shape index (κ3) is 8.45. The molecule has 0 radical (unpaired) electrons. The number of halogens is 1. The molecule has 31 heavy (non-hydrogen) atoms. The van der Waals surface area contributed by atoms with E-state index in [9.17, 15) is 14.4 Å². The van der Waals surface area contributed by atoms with E-state index in [1.807, 2.05) is 0 Å². The number of rotatable bonds is 5. The van der Waals surface area contributed by atoms with Gasteiger partial charge in [0.2, 0.25) is 5.88 Å². The van der Waals surface area contributed by atoms with Gasteiger partial charge in [-0.15, -0.1) is 0 Å².